The number of likely N-dealkylation sites (tertiary alicyclic amines) is 1. The number of rotatable bonds is 4. The van der Waals surface area contributed by atoms with Crippen molar-refractivity contribution >= 4 is 5.91 Å². The average Bonchev–Trinajstić information content (AvgIpc) is 2.73. The van der Waals surface area contributed by atoms with Crippen molar-refractivity contribution in [2.24, 2.45) is 17.1 Å². The smallest absolute Gasteiger partial charge is 0.239 e. The van der Waals surface area contributed by atoms with Crippen LogP contribution in [-0.2, 0) is 4.79 Å². The number of hydrogen-bond donors (Lipinski definition) is 1. The molecule has 2 atom stereocenters. The molecule has 0 radical (unpaired) electrons. The number of nitrogens with zero attached hydrogens (tertiary/aromatic N) is 1. The quantitative estimate of drug-likeness (QED) is 0.820. The molecule has 17 heavy (non-hydrogen) atoms. The lowest BCUT2D eigenvalue weighted by Crippen LogP contribution is -2.43. The first-order valence-electron chi connectivity index (χ1n) is 6.90. The Labute approximate surface area is 106 Å². The average molecular weight is 240 g/mol. The second kappa shape index (κ2) is 5.85. The first-order chi connectivity index (χ1) is 7.86. The molecule has 0 aromatic carbocycles. The van der Waals surface area contributed by atoms with E-state index in [0.29, 0.717) is 11.3 Å². The first-order valence-corrected chi connectivity index (χ1v) is 6.90. The molecular weight excluding hydrogens is 212 g/mol. The minimum atomic E-state index is -0.284. The van der Waals surface area contributed by atoms with Crippen molar-refractivity contribution in [3.8, 4) is 0 Å². The van der Waals surface area contributed by atoms with E-state index in [1.54, 1.807) is 0 Å². The SMILES string of the molecule is CCCCC(N)C(=O)N1CCC(C(C)(C)C)C1. The minimum absolute atomic E-state index is 0.158. The summed E-state index contributed by atoms with van der Waals surface area (Å²) in [5, 5.41) is 0. The van der Waals surface area contributed by atoms with E-state index in [1.807, 2.05) is 4.90 Å². The summed E-state index contributed by atoms with van der Waals surface area (Å²) in [4.78, 5) is 14.1. The van der Waals surface area contributed by atoms with Gasteiger partial charge in [0.25, 0.3) is 0 Å². The molecule has 0 spiro atoms. The molecule has 3 nitrogen and oxygen atoms in total. The number of unbranched alkanes of at least 4 members (excludes halogenated alkanes) is 1. The third-order valence-corrected chi connectivity index (χ3v) is 3.91. The largest absolute Gasteiger partial charge is 0.341 e. The van der Waals surface area contributed by atoms with Gasteiger partial charge in [0.05, 0.1) is 6.04 Å². The Morgan fingerprint density at radius 3 is 2.59 bits per heavy atom. The highest BCUT2D eigenvalue weighted by molar-refractivity contribution is 5.81. The van der Waals surface area contributed by atoms with E-state index < -0.39 is 0 Å². The number of nitrogens with two attached hydrogens (primary N) is 1. The molecule has 0 aromatic heterocycles. The molecule has 1 aliphatic heterocycles. The summed E-state index contributed by atoms with van der Waals surface area (Å²) in [6, 6.07) is -0.284. The normalized spacial score (nSPS) is 22.9. The monoisotopic (exact) mass is 240 g/mol. The van der Waals surface area contributed by atoms with Gasteiger partial charge in [-0.15, -0.1) is 0 Å². The van der Waals surface area contributed by atoms with Gasteiger partial charge < -0.3 is 10.6 Å². The Hall–Kier alpha value is -0.570. The zero-order chi connectivity index (χ0) is 13.1. The summed E-state index contributed by atoms with van der Waals surface area (Å²) in [5.41, 5.74) is 6.24. The fraction of sp³-hybridized carbons (Fsp3) is 0.929. The molecule has 0 bridgehead atoms. The molecule has 1 fully saturated rings. The minimum Gasteiger partial charge on any atom is -0.341 e. The van der Waals surface area contributed by atoms with E-state index in [1.165, 1.54) is 0 Å². The van der Waals surface area contributed by atoms with E-state index in [-0.39, 0.29) is 11.9 Å². The van der Waals surface area contributed by atoms with Gasteiger partial charge >= 0.3 is 0 Å². The van der Waals surface area contributed by atoms with E-state index >= 15 is 0 Å². The summed E-state index contributed by atoms with van der Waals surface area (Å²) in [5.74, 6) is 0.773. The van der Waals surface area contributed by atoms with Gasteiger partial charge in [-0.05, 0) is 24.2 Å². The highest BCUT2D eigenvalue weighted by Crippen LogP contribution is 2.33. The van der Waals surface area contributed by atoms with E-state index in [9.17, 15) is 4.79 Å². The lowest BCUT2D eigenvalue weighted by molar-refractivity contribution is -0.132. The summed E-state index contributed by atoms with van der Waals surface area (Å²) >= 11 is 0. The van der Waals surface area contributed by atoms with Gasteiger partial charge in [0, 0.05) is 13.1 Å². The van der Waals surface area contributed by atoms with Gasteiger partial charge in [0.15, 0.2) is 0 Å². The summed E-state index contributed by atoms with van der Waals surface area (Å²) in [6.45, 7) is 10.7. The number of hydrogen-bond acceptors (Lipinski definition) is 2. The highest BCUT2D eigenvalue weighted by Gasteiger charge is 2.34. The molecule has 2 unspecified atom stereocenters. The van der Waals surface area contributed by atoms with E-state index in [0.717, 1.165) is 38.8 Å². The molecule has 1 amide bonds. The van der Waals surface area contributed by atoms with Crippen LogP contribution < -0.4 is 5.73 Å². The molecule has 0 aromatic rings. The Bertz CT molecular complexity index is 257. The standard InChI is InChI=1S/C14H28N2O/c1-5-6-7-12(15)13(17)16-9-8-11(10-16)14(2,3)4/h11-12H,5-10,15H2,1-4H3. The second-order valence-electron chi connectivity index (χ2n) is 6.38. The molecular formula is C14H28N2O. The van der Waals surface area contributed by atoms with E-state index in [2.05, 4.69) is 27.7 Å². The Balaban J connectivity index is 2.45. The van der Waals surface area contributed by atoms with Crippen molar-refractivity contribution in [2.45, 2.75) is 59.4 Å². The summed E-state index contributed by atoms with van der Waals surface area (Å²) in [7, 11) is 0. The maximum Gasteiger partial charge on any atom is 0.239 e. The van der Waals surface area contributed by atoms with Gasteiger partial charge in [-0.25, -0.2) is 0 Å². The molecule has 1 rings (SSSR count). The number of carbonyl (C=O) groups excluding carboxylic acids is 1. The lowest BCUT2D eigenvalue weighted by Gasteiger charge is -2.27. The van der Waals surface area contributed by atoms with Gasteiger partial charge in [-0.3, -0.25) is 4.79 Å². The fourth-order valence-corrected chi connectivity index (χ4v) is 2.45. The molecule has 3 heteroatoms. The first kappa shape index (κ1) is 14.5. The molecule has 1 aliphatic rings. The van der Waals surface area contributed by atoms with Crippen molar-refractivity contribution in [3.05, 3.63) is 0 Å². The van der Waals surface area contributed by atoms with Gasteiger partial charge in [-0.2, -0.15) is 0 Å². The Morgan fingerprint density at radius 2 is 2.12 bits per heavy atom. The summed E-state index contributed by atoms with van der Waals surface area (Å²) < 4.78 is 0. The third kappa shape index (κ3) is 3.98. The molecule has 1 saturated heterocycles. The van der Waals surface area contributed by atoms with Crippen LogP contribution >= 0.6 is 0 Å². The van der Waals surface area contributed by atoms with Gasteiger partial charge in [-0.1, -0.05) is 40.5 Å². The predicted octanol–water partition coefficient (Wildman–Crippen LogP) is 2.40. The van der Waals surface area contributed by atoms with Crippen LogP contribution in [0.1, 0.15) is 53.4 Å². The number of amides is 1. The molecule has 0 aliphatic carbocycles. The second-order valence-corrected chi connectivity index (χ2v) is 6.38. The van der Waals surface area contributed by atoms with Crippen LogP contribution in [0.15, 0.2) is 0 Å². The molecule has 0 saturated carbocycles. The van der Waals surface area contributed by atoms with Gasteiger partial charge in [0.2, 0.25) is 5.91 Å². The van der Waals surface area contributed by atoms with Crippen molar-refractivity contribution in [3.63, 3.8) is 0 Å². The number of carbonyl (C=O) groups is 1. The van der Waals surface area contributed by atoms with Crippen LogP contribution in [0.25, 0.3) is 0 Å². The highest BCUT2D eigenvalue weighted by atomic mass is 16.2. The van der Waals surface area contributed by atoms with Crippen LogP contribution in [0, 0.1) is 11.3 Å². The van der Waals surface area contributed by atoms with Crippen LogP contribution in [0.4, 0.5) is 0 Å². The van der Waals surface area contributed by atoms with Crippen LogP contribution in [0.5, 0.6) is 0 Å². The van der Waals surface area contributed by atoms with Crippen molar-refractivity contribution in [1.29, 1.82) is 0 Å². The zero-order valence-corrected chi connectivity index (χ0v) is 11.8. The van der Waals surface area contributed by atoms with Crippen LogP contribution in [-0.4, -0.2) is 29.9 Å². The molecule has 100 valence electrons. The van der Waals surface area contributed by atoms with E-state index in [4.69, 9.17) is 5.73 Å². The van der Waals surface area contributed by atoms with Crippen molar-refractivity contribution in [2.75, 3.05) is 13.1 Å². The summed E-state index contributed by atoms with van der Waals surface area (Å²) in [6.07, 6.45) is 4.09. The topological polar surface area (TPSA) is 46.3 Å². The molecule has 2 N–H and O–H groups in total. The maximum absolute atomic E-state index is 12.1. The Morgan fingerprint density at radius 1 is 1.47 bits per heavy atom. The third-order valence-electron chi connectivity index (χ3n) is 3.91. The molecule has 1 heterocycles. The maximum atomic E-state index is 12.1. The fourth-order valence-electron chi connectivity index (χ4n) is 2.45. The predicted molar refractivity (Wildman–Crippen MR) is 71.6 cm³/mol. The van der Waals surface area contributed by atoms with Gasteiger partial charge in [0.1, 0.15) is 0 Å². The van der Waals surface area contributed by atoms with Crippen molar-refractivity contribution < 1.29 is 4.79 Å². The van der Waals surface area contributed by atoms with Crippen LogP contribution in [0.2, 0.25) is 0 Å². The van der Waals surface area contributed by atoms with Crippen LogP contribution in [0.3, 0.4) is 0 Å². The Kier molecular flexibility index (Phi) is 4.99. The van der Waals surface area contributed by atoms with Crippen molar-refractivity contribution in [1.82, 2.24) is 4.90 Å². The zero-order valence-electron chi connectivity index (χ0n) is 11.8. The lowest BCUT2D eigenvalue weighted by atomic mass is 9.80.